The summed E-state index contributed by atoms with van der Waals surface area (Å²) in [6.07, 6.45) is 1.89. The first-order valence-corrected chi connectivity index (χ1v) is 5.48. The Morgan fingerprint density at radius 3 is 2.60 bits per heavy atom. The molecule has 2 N–H and O–H groups in total. The van der Waals surface area contributed by atoms with Gasteiger partial charge in [-0.3, -0.25) is 5.73 Å². The lowest BCUT2D eigenvalue weighted by molar-refractivity contribution is -0.0443. The second-order valence-electron chi connectivity index (χ2n) is 5.35. The van der Waals surface area contributed by atoms with Crippen LogP contribution in [0.25, 0.3) is 0 Å². The summed E-state index contributed by atoms with van der Waals surface area (Å²) in [6, 6.07) is 8.15. The average Bonchev–Trinajstić information content (AvgIpc) is 2.16. The molecular weight excluding hydrogens is 186 g/mol. The van der Waals surface area contributed by atoms with Gasteiger partial charge in [-0.25, -0.2) is 0 Å². The molecule has 1 aliphatic rings. The molecular formula is C13H19NO. The molecule has 82 valence electrons. The Morgan fingerprint density at radius 1 is 1.27 bits per heavy atom. The number of ether oxygens (including phenoxy) is 1. The summed E-state index contributed by atoms with van der Waals surface area (Å²) < 4.78 is 5.96. The lowest BCUT2D eigenvalue weighted by Gasteiger charge is -2.44. The van der Waals surface area contributed by atoms with Gasteiger partial charge in [0, 0.05) is 11.8 Å². The average molecular weight is 205 g/mol. The standard InChI is InChI=1S/C13H19NO/c1-12(2,3)13(14)9-8-10-6-4-5-7-11(10)15-13/h4-7H,8-9,14H2,1-3H3. The first-order valence-electron chi connectivity index (χ1n) is 5.48. The van der Waals surface area contributed by atoms with Gasteiger partial charge >= 0.3 is 0 Å². The zero-order valence-electron chi connectivity index (χ0n) is 9.71. The van der Waals surface area contributed by atoms with E-state index in [2.05, 4.69) is 26.8 Å². The number of benzene rings is 1. The summed E-state index contributed by atoms with van der Waals surface area (Å²) in [5.41, 5.74) is 7.01. The van der Waals surface area contributed by atoms with Crippen LogP contribution in [0, 0.1) is 5.41 Å². The molecule has 1 aliphatic heterocycles. The third-order valence-electron chi connectivity index (χ3n) is 3.30. The molecule has 1 unspecified atom stereocenters. The molecule has 2 heteroatoms. The number of para-hydroxylation sites is 1. The number of aryl methyl sites for hydroxylation is 1. The molecule has 0 amide bonds. The zero-order chi connectivity index (χ0) is 11.1. The summed E-state index contributed by atoms with van der Waals surface area (Å²) in [4.78, 5) is 0. The van der Waals surface area contributed by atoms with Crippen LogP contribution < -0.4 is 10.5 Å². The molecule has 2 rings (SSSR count). The van der Waals surface area contributed by atoms with Crippen molar-refractivity contribution in [2.45, 2.75) is 39.3 Å². The Balaban J connectivity index is 2.33. The highest BCUT2D eigenvalue weighted by Crippen LogP contribution is 2.39. The topological polar surface area (TPSA) is 35.2 Å². The van der Waals surface area contributed by atoms with Gasteiger partial charge in [-0.05, 0) is 18.1 Å². The van der Waals surface area contributed by atoms with Gasteiger partial charge in [-0.15, -0.1) is 0 Å². The van der Waals surface area contributed by atoms with Gasteiger partial charge < -0.3 is 4.74 Å². The Kier molecular flexibility index (Phi) is 2.27. The predicted molar refractivity (Wildman–Crippen MR) is 61.8 cm³/mol. The summed E-state index contributed by atoms with van der Waals surface area (Å²) in [6.45, 7) is 6.38. The quantitative estimate of drug-likeness (QED) is 0.706. The molecule has 1 heterocycles. The second-order valence-corrected chi connectivity index (χ2v) is 5.35. The molecule has 0 aromatic heterocycles. The van der Waals surface area contributed by atoms with E-state index in [4.69, 9.17) is 10.5 Å². The van der Waals surface area contributed by atoms with Crippen molar-refractivity contribution >= 4 is 0 Å². The lowest BCUT2D eigenvalue weighted by Crippen LogP contribution is -2.57. The van der Waals surface area contributed by atoms with E-state index in [1.807, 2.05) is 18.2 Å². The summed E-state index contributed by atoms with van der Waals surface area (Å²) in [7, 11) is 0. The van der Waals surface area contributed by atoms with Crippen molar-refractivity contribution in [3.8, 4) is 5.75 Å². The van der Waals surface area contributed by atoms with E-state index in [1.165, 1.54) is 5.56 Å². The van der Waals surface area contributed by atoms with Crippen LogP contribution in [-0.2, 0) is 6.42 Å². The van der Waals surface area contributed by atoms with Crippen LogP contribution in [0.1, 0.15) is 32.8 Å². The Morgan fingerprint density at radius 2 is 1.93 bits per heavy atom. The highest BCUT2D eigenvalue weighted by atomic mass is 16.5. The van der Waals surface area contributed by atoms with E-state index < -0.39 is 5.72 Å². The molecule has 1 aromatic rings. The van der Waals surface area contributed by atoms with Crippen LogP contribution in [0.3, 0.4) is 0 Å². The molecule has 0 fully saturated rings. The molecule has 0 saturated heterocycles. The van der Waals surface area contributed by atoms with Crippen molar-refractivity contribution in [2.75, 3.05) is 0 Å². The van der Waals surface area contributed by atoms with Crippen LogP contribution in [0.15, 0.2) is 24.3 Å². The first kappa shape index (κ1) is 10.5. The SMILES string of the molecule is CC(C)(C)C1(N)CCc2ccccc2O1. The fourth-order valence-electron chi connectivity index (χ4n) is 1.91. The number of rotatable bonds is 0. The van der Waals surface area contributed by atoms with E-state index in [0.717, 1.165) is 18.6 Å². The van der Waals surface area contributed by atoms with Crippen molar-refractivity contribution in [1.29, 1.82) is 0 Å². The third kappa shape index (κ3) is 1.74. The maximum atomic E-state index is 6.33. The maximum absolute atomic E-state index is 6.33. The molecule has 2 nitrogen and oxygen atoms in total. The highest BCUT2D eigenvalue weighted by Gasteiger charge is 2.42. The van der Waals surface area contributed by atoms with Gasteiger partial charge in [0.15, 0.2) is 5.72 Å². The van der Waals surface area contributed by atoms with Crippen molar-refractivity contribution in [3.05, 3.63) is 29.8 Å². The van der Waals surface area contributed by atoms with Crippen LogP contribution >= 0.6 is 0 Å². The van der Waals surface area contributed by atoms with Crippen LogP contribution in [0.4, 0.5) is 0 Å². The van der Waals surface area contributed by atoms with Crippen molar-refractivity contribution in [3.63, 3.8) is 0 Å². The maximum Gasteiger partial charge on any atom is 0.163 e. The smallest absolute Gasteiger partial charge is 0.163 e. The Bertz CT molecular complexity index is 367. The third-order valence-corrected chi connectivity index (χ3v) is 3.30. The monoisotopic (exact) mass is 205 g/mol. The normalized spacial score (nSPS) is 25.6. The minimum atomic E-state index is -0.540. The van der Waals surface area contributed by atoms with Gasteiger partial charge in [0.1, 0.15) is 5.75 Å². The molecule has 0 bridgehead atoms. The van der Waals surface area contributed by atoms with Crippen molar-refractivity contribution in [1.82, 2.24) is 0 Å². The van der Waals surface area contributed by atoms with E-state index in [1.54, 1.807) is 0 Å². The highest BCUT2D eigenvalue weighted by molar-refractivity contribution is 5.36. The molecule has 0 radical (unpaired) electrons. The fraction of sp³-hybridized carbons (Fsp3) is 0.538. The van der Waals surface area contributed by atoms with E-state index >= 15 is 0 Å². The molecule has 0 saturated carbocycles. The Hall–Kier alpha value is -1.02. The first-order chi connectivity index (χ1) is 6.92. The van der Waals surface area contributed by atoms with E-state index in [9.17, 15) is 0 Å². The van der Waals surface area contributed by atoms with Gasteiger partial charge in [0.05, 0.1) is 0 Å². The molecule has 1 atom stereocenters. The molecule has 0 aliphatic carbocycles. The molecule has 15 heavy (non-hydrogen) atoms. The summed E-state index contributed by atoms with van der Waals surface area (Å²) in [5.74, 6) is 0.946. The van der Waals surface area contributed by atoms with Gasteiger partial charge in [-0.1, -0.05) is 39.0 Å². The number of hydrogen-bond donors (Lipinski definition) is 1. The van der Waals surface area contributed by atoms with Crippen molar-refractivity contribution in [2.24, 2.45) is 11.1 Å². The van der Waals surface area contributed by atoms with Crippen LogP contribution in [0.5, 0.6) is 5.75 Å². The number of fused-ring (bicyclic) bond motifs is 1. The largest absolute Gasteiger partial charge is 0.472 e. The molecule has 1 aromatic carbocycles. The summed E-state index contributed by atoms with van der Waals surface area (Å²) in [5, 5.41) is 0. The van der Waals surface area contributed by atoms with Crippen molar-refractivity contribution < 1.29 is 4.74 Å². The minimum Gasteiger partial charge on any atom is -0.472 e. The summed E-state index contributed by atoms with van der Waals surface area (Å²) >= 11 is 0. The zero-order valence-corrected chi connectivity index (χ0v) is 9.71. The Labute approximate surface area is 91.4 Å². The predicted octanol–water partition coefficient (Wildman–Crippen LogP) is 2.71. The van der Waals surface area contributed by atoms with Gasteiger partial charge in [0.2, 0.25) is 0 Å². The van der Waals surface area contributed by atoms with Crippen LogP contribution in [0.2, 0.25) is 0 Å². The number of hydrogen-bond acceptors (Lipinski definition) is 2. The van der Waals surface area contributed by atoms with E-state index in [0.29, 0.717) is 0 Å². The second kappa shape index (κ2) is 3.24. The molecule has 0 spiro atoms. The fourth-order valence-corrected chi connectivity index (χ4v) is 1.91. The minimum absolute atomic E-state index is 0.0411. The van der Waals surface area contributed by atoms with E-state index in [-0.39, 0.29) is 5.41 Å². The van der Waals surface area contributed by atoms with Gasteiger partial charge in [0.25, 0.3) is 0 Å². The van der Waals surface area contributed by atoms with Gasteiger partial charge in [-0.2, -0.15) is 0 Å². The number of nitrogens with two attached hydrogens (primary N) is 1. The van der Waals surface area contributed by atoms with Crippen LogP contribution in [-0.4, -0.2) is 5.72 Å². The lowest BCUT2D eigenvalue weighted by atomic mass is 9.78.